The van der Waals surface area contributed by atoms with E-state index < -0.39 is 0 Å². The number of rotatable bonds is 9. The Hall–Kier alpha value is -0.580. The van der Waals surface area contributed by atoms with E-state index in [4.69, 9.17) is 0 Å². The molecule has 0 saturated carbocycles. The molecule has 0 radical (unpaired) electrons. The number of aryl methyl sites for hydroxylation is 1. The van der Waals surface area contributed by atoms with Crippen LogP contribution < -0.4 is 5.32 Å². The molecule has 3 nitrogen and oxygen atoms in total. The Balaban J connectivity index is 0.00000264. The quantitative estimate of drug-likeness (QED) is 0.669. The Labute approximate surface area is 151 Å². The maximum Gasteiger partial charge on any atom is 0.222 e. The van der Waals surface area contributed by atoms with Gasteiger partial charge in [0.25, 0.3) is 0 Å². The number of halogens is 1. The number of nitrogens with zero attached hydrogens (tertiary/aromatic N) is 1. The lowest BCUT2D eigenvalue weighted by molar-refractivity contribution is -0.134. The Morgan fingerprint density at radius 2 is 2.09 bits per heavy atom. The van der Waals surface area contributed by atoms with Crippen LogP contribution >= 0.6 is 23.7 Å². The predicted octanol–water partition coefficient (Wildman–Crippen LogP) is 4.26. The molecule has 2 heterocycles. The summed E-state index contributed by atoms with van der Waals surface area (Å²) in [4.78, 5) is 16.2. The Kier molecular flexibility index (Phi) is 10.6. The maximum absolute atomic E-state index is 12.5. The third kappa shape index (κ3) is 7.23. The first-order valence-electron chi connectivity index (χ1n) is 8.84. The normalized spacial score (nSPS) is 15.2. The van der Waals surface area contributed by atoms with Gasteiger partial charge in [-0.3, -0.25) is 4.79 Å². The minimum atomic E-state index is 0. The zero-order valence-electron chi connectivity index (χ0n) is 14.3. The lowest BCUT2D eigenvalue weighted by atomic mass is 10.0. The van der Waals surface area contributed by atoms with Crippen molar-refractivity contribution in [2.75, 3.05) is 19.6 Å². The molecule has 23 heavy (non-hydrogen) atoms. The predicted molar refractivity (Wildman–Crippen MR) is 102 cm³/mol. The molecule has 0 aromatic carbocycles. The summed E-state index contributed by atoms with van der Waals surface area (Å²) >= 11 is 1.84. The highest BCUT2D eigenvalue weighted by atomic mass is 35.5. The highest BCUT2D eigenvalue weighted by Gasteiger charge is 2.23. The van der Waals surface area contributed by atoms with Crippen molar-refractivity contribution in [3.63, 3.8) is 0 Å². The van der Waals surface area contributed by atoms with Gasteiger partial charge in [-0.15, -0.1) is 23.7 Å². The third-order valence-corrected chi connectivity index (χ3v) is 5.36. The molecule has 1 amide bonds. The molecule has 0 atom stereocenters. The summed E-state index contributed by atoms with van der Waals surface area (Å²) in [6.07, 6.45) is 8.59. The van der Waals surface area contributed by atoms with Crippen LogP contribution in [0.1, 0.15) is 56.7 Å². The fourth-order valence-corrected chi connectivity index (χ4v) is 3.97. The van der Waals surface area contributed by atoms with Gasteiger partial charge in [0.1, 0.15) is 0 Å². The molecule has 1 aromatic heterocycles. The summed E-state index contributed by atoms with van der Waals surface area (Å²) in [7, 11) is 0. The Morgan fingerprint density at radius 3 is 2.74 bits per heavy atom. The van der Waals surface area contributed by atoms with Crippen LogP contribution in [0.5, 0.6) is 0 Å². The van der Waals surface area contributed by atoms with E-state index >= 15 is 0 Å². The second kappa shape index (κ2) is 11.9. The number of unbranched alkanes of at least 4 members (excludes halogenated alkanes) is 2. The van der Waals surface area contributed by atoms with E-state index in [1.165, 1.54) is 17.7 Å². The molecule has 0 spiro atoms. The van der Waals surface area contributed by atoms with Crippen molar-refractivity contribution in [1.29, 1.82) is 0 Å². The molecule has 132 valence electrons. The fraction of sp³-hybridized carbons (Fsp3) is 0.722. The van der Waals surface area contributed by atoms with E-state index in [1.807, 2.05) is 11.3 Å². The van der Waals surface area contributed by atoms with E-state index in [1.54, 1.807) is 0 Å². The topological polar surface area (TPSA) is 32.3 Å². The van der Waals surface area contributed by atoms with E-state index in [2.05, 4.69) is 34.7 Å². The first kappa shape index (κ1) is 20.5. The van der Waals surface area contributed by atoms with Crippen molar-refractivity contribution in [2.45, 2.75) is 64.3 Å². The number of carbonyl (C=O) groups excluding carboxylic acids is 1. The molecule has 1 aliphatic rings. The van der Waals surface area contributed by atoms with Gasteiger partial charge in [-0.1, -0.05) is 19.4 Å². The Bertz CT molecular complexity index is 419. The number of amides is 1. The van der Waals surface area contributed by atoms with Gasteiger partial charge >= 0.3 is 0 Å². The summed E-state index contributed by atoms with van der Waals surface area (Å²) in [5.41, 5.74) is 0. The number of nitrogens with one attached hydrogen (secondary N) is 1. The molecule has 1 fully saturated rings. The van der Waals surface area contributed by atoms with Crippen molar-refractivity contribution >= 4 is 29.7 Å². The van der Waals surface area contributed by atoms with Crippen LogP contribution in [0.25, 0.3) is 0 Å². The minimum Gasteiger partial charge on any atom is -0.340 e. The minimum absolute atomic E-state index is 0. The SMILES string of the molecule is CCCN(C(=O)CCCCCc1cccs1)C1CCNCC1.Cl. The summed E-state index contributed by atoms with van der Waals surface area (Å²) in [5, 5.41) is 5.53. The van der Waals surface area contributed by atoms with Crippen molar-refractivity contribution in [2.24, 2.45) is 0 Å². The van der Waals surface area contributed by atoms with Gasteiger partial charge < -0.3 is 10.2 Å². The standard InChI is InChI=1S/C18H30N2OS.ClH/c1-2-14-20(16-10-12-19-13-11-16)18(21)9-5-3-4-7-17-8-6-15-22-17;/h6,8,15-16,19H,2-5,7,9-14H2,1H3;1H. The van der Waals surface area contributed by atoms with Gasteiger partial charge in [-0.05, 0) is 63.1 Å². The van der Waals surface area contributed by atoms with Gasteiger partial charge in [-0.25, -0.2) is 0 Å². The molecule has 1 N–H and O–H groups in total. The van der Waals surface area contributed by atoms with Crippen molar-refractivity contribution in [1.82, 2.24) is 10.2 Å². The van der Waals surface area contributed by atoms with Crippen LogP contribution in [0.15, 0.2) is 17.5 Å². The molecule has 1 aliphatic heterocycles. The number of hydrogen-bond acceptors (Lipinski definition) is 3. The summed E-state index contributed by atoms with van der Waals surface area (Å²) < 4.78 is 0. The van der Waals surface area contributed by atoms with Gasteiger partial charge in [0.15, 0.2) is 0 Å². The first-order valence-corrected chi connectivity index (χ1v) is 9.71. The van der Waals surface area contributed by atoms with Crippen molar-refractivity contribution in [3.8, 4) is 0 Å². The monoisotopic (exact) mass is 358 g/mol. The van der Waals surface area contributed by atoms with Crippen LogP contribution in [0.2, 0.25) is 0 Å². The van der Waals surface area contributed by atoms with E-state index in [0.717, 1.165) is 58.2 Å². The zero-order valence-corrected chi connectivity index (χ0v) is 15.9. The lowest BCUT2D eigenvalue weighted by Crippen LogP contribution is -2.46. The average molecular weight is 359 g/mol. The van der Waals surface area contributed by atoms with Crippen LogP contribution in [-0.4, -0.2) is 36.5 Å². The average Bonchev–Trinajstić information content (AvgIpc) is 3.06. The highest BCUT2D eigenvalue weighted by Crippen LogP contribution is 2.17. The van der Waals surface area contributed by atoms with E-state index in [9.17, 15) is 4.79 Å². The second-order valence-electron chi connectivity index (χ2n) is 6.21. The maximum atomic E-state index is 12.5. The van der Waals surface area contributed by atoms with Crippen LogP contribution in [0.4, 0.5) is 0 Å². The summed E-state index contributed by atoms with van der Waals surface area (Å²) in [6, 6.07) is 4.79. The molecule has 5 heteroatoms. The molecule has 1 aromatic rings. The number of carbonyl (C=O) groups is 1. The first-order chi connectivity index (χ1) is 10.8. The second-order valence-corrected chi connectivity index (χ2v) is 7.24. The lowest BCUT2D eigenvalue weighted by Gasteiger charge is -2.34. The fourth-order valence-electron chi connectivity index (χ4n) is 3.22. The van der Waals surface area contributed by atoms with Crippen molar-refractivity contribution in [3.05, 3.63) is 22.4 Å². The number of piperidine rings is 1. The summed E-state index contributed by atoms with van der Waals surface area (Å²) in [6.45, 7) is 5.21. The molecular weight excluding hydrogens is 328 g/mol. The largest absolute Gasteiger partial charge is 0.340 e. The molecule has 1 saturated heterocycles. The highest BCUT2D eigenvalue weighted by molar-refractivity contribution is 7.09. The molecule has 0 bridgehead atoms. The number of thiophene rings is 1. The molecule has 0 aliphatic carbocycles. The third-order valence-electron chi connectivity index (χ3n) is 4.43. The van der Waals surface area contributed by atoms with Gasteiger partial charge in [0.2, 0.25) is 5.91 Å². The molecular formula is C18H31ClN2OS. The zero-order chi connectivity index (χ0) is 15.6. The summed E-state index contributed by atoms with van der Waals surface area (Å²) in [5.74, 6) is 0.380. The molecule has 0 unspecified atom stereocenters. The molecule has 2 rings (SSSR count). The van der Waals surface area contributed by atoms with Gasteiger partial charge in [-0.2, -0.15) is 0 Å². The number of hydrogen-bond donors (Lipinski definition) is 1. The van der Waals surface area contributed by atoms with Crippen LogP contribution in [-0.2, 0) is 11.2 Å². The van der Waals surface area contributed by atoms with E-state index in [0.29, 0.717) is 11.9 Å². The van der Waals surface area contributed by atoms with Crippen LogP contribution in [0, 0.1) is 0 Å². The van der Waals surface area contributed by atoms with Gasteiger partial charge in [0.05, 0.1) is 0 Å². The van der Waals surface area contributed by atoms with Crippen molar-refractivity contribution < 1.29 is 4.79 Å². The van der Waals surface area contributed by atoms with E-state index in [-0.39, 0.29) is 12.4 Å². The Morgan fingerprint density at radius 1 is 1.30 bits per heavy atom. The smallest absolute Gasteiger partial charge is 0.222 e. The van der Waals surface area contributed by atoms with Crippen LogP contribution in [0.3, 0.4) is 0 Å². The van der Waals surface area contributed by atoms with Gasteiger partial charge in [0, 0.05) is 23.9 Å².